The molecule has 23 heavy (non-hydrogen) atoms. The maximum atomic E-state index is 5.98. The number of nitrogen functional groups attached to an aromatic ring is 1. The largest absolute Gasteiger partial charge is 0.383 e. The maximum absolute atomic E-state index is 5.98. The molecule has 1 aromatic carbocycles. The zero-order valence-corrected chi connectivity index (χ0v) is 14.1. The summed E-state index contributed by atoms with van der Waals surface area (Å²) in [7, 11) is 0. The molecule has 0 unspecified atom stereocenters. The number of anilines is 1. The van der Waals surface area contributed by atoms with E-state index in [0.717, 1.165) is 17.2 Å². The summed E-state index contributed by atoms with van der Waals surface area (Å²) in [4.78, 5) is 4.17. The quantitative estimate of drug-likeness (QED) is 0.722. The summed E-state index contributed by atoms with van der Waals surface area (Å²) >= 11 is 0. The van der Waals surface area contributed by atoms with E-state index >= 15 is 0 Å². The van der Waals surface area contributed by atoms with Crippen LogP contribution in [0.5, 0.6) is 0 Å². The smallest absolute Gasteiger partial charge is 0.131 e. The third-order valence-corrected chi connectivity index (χ3v) is 5.19. The van der Waals surface area contributed by atoms with Crippen LogP contribution in [-0.2, 0) is 12.8 Å². The second-order valence-corrected chi connectivity index (χ2v) is 7.55. The number of aromatic nitrogens is 2. The molecule has 2 N–H and O–H groups in total. The molecule has 0 atom stereocenters. The van der Waals surface area contributed by atoms with Crippen LogP contribution >= 0.6 is 0 Å². The van der Waals surface area contributed by atoms with Gasteiger partial charge in [0.25, 0.3) is 0 Å². The average molecular weight is 305 g/mol. The Morgan fingerprint density at radius 2 is 2.04 bits per heavy atom. The van der Waals surface area contributed by atoms with Crippen LogP contribution in [0.4, 0.5) is 5.82 Å². The lowest BCUT2D eigenvalue weighted by molar-refractivity contribution is 0.309. The number of benzene rings is 1. The van der Waals surface area contributed by atoms with Gasteiger partial charge in [0.05, 0.1) is 0 Å². The number of hydrogen-bond donors (Lipinski definition) is 1. The Hall–Kier alpha value is -2.29. The first-order valence-corrected chi connectivity index (χ1v) is 8.29. The molecule has 0 saturated carbocycles. The van der Waals surface area contributed by atoms with E-state index in [9.17, 15) is 0 Å². The predicted molar refractivity (Wildman–Crippen MR) is 96.0 cm³/mol. The van der Waals surface area contributed by atoms with E-state index in [0.29, 0.717) is 11.2 Å². The third kappa shape index (κ3) is 2.31. The van der Waals surface area contributed by atoms with Crippen LogP contribution in [0.1, 0.15) is 37.1 Å². The topological polar surface area (TPSA) is 43.8 Å². The van der Waals surface area contributed by atoms with Crippen LogP contribution in [0.2, 0.25) is 0 Å². The zero-order valence-electron chi connectivity index (χ0n) is 14.1. The Labute approximate surface area is 137 Å². The van der Waals surface area contributed by atoms with Crippen LogP contribution in [0.3, 0.4) is 0 Å². The Kier molecular flexibility index (Phi) is 3.02. The van der Waals surface area contributed by atoms with E-state index in [-0.39, 0.29) is 0 Å². The van der Waals surface area contributed by atoms with Gasteiger partial charge in [-0.2, -0.15) is 0 Å². The highest BCUT2D eigenvalue weighted by atomic mass is 15.0. The summed E-state index contributed by atoms with van der Waals surface area (Å²) < 4.78 is 2.38. The summed E-state index contributed by atoms with van der Waals surface area (Å²) in [6.45, 7) is 6.97. The standard InChI is InChI=1S/C20H23N3/c1-13-12-23(18-11-20(2,3)8-6-16(13)18)15-4-5-17-14(10-15)7-9-22-19(17)21/h4-5,7,9-10,12H,6,8,11H2,1-3H3,(H2,21,22). The van der Waals surface area contributed by atoms with Gasteiger partial charge < -0.3 is 10.3 Å². The molecule has 2 heterocycles. The molecule has 1 aliphatic carbocycles. The monoisotopic (exact) mass is 305 g/mol. The second-order valence-electron chi connectivity index (χ2n) is 7.55. The summed E-state index contributed by atoms with van der Waals surface area (Å²) in [5.74, 6) is 0.598. The van der Waals surface area contributed by atoms with Crippen molar-refractivity contribution < 1.29 is 0 Å². The van der Waals surface area contributed by atoms with Gasteiger partial charge in [0.15, 0.2) is 0 Å². The number of pyridine rings is 1. The molecule has 118 valence electrons. The van der Waals surface area contributed by atoms with Gasteiger partial charge in [-0.15, -0.1) is 0 Å². The molecule has 0 aliphatic heterocycles. The van der Waals surface area contributed by atoms with Crippen molar-refractivity contribution in [2.75, 3.05) is 5.73 Å². The minimum absolute atomic E-state index is 0.376. The Morgan fingerprint density at radius 3 is 2.87 bits per heavy atom. The highest BCUT2D eigenvalue weighted by molar-refractivity contribution is 5.92. The predicted octanol–water partition coefficient (Wildman–Crippen LogP) is 4.43. The fourth-order valence-electron chi connectivity index (χ4n) is 3.83. The van der Waals surface area contributed by atoms with Gasteiger partial charge in [-0.25, -0.2) is 4.98 Å². The molecule has 0 fully saturated rings. The number of hydrogen-bond acceptors (Lipinski definition) is 2. The molecule has 3 nitrogen and oxygen atoms in total. The highest BCUT2D eigenvalue weighted by Gasteiger charge is 2.29. The van der Waals surface area contributed by atoms with E-state index in [1.807, 2.05) is 6.07 Å². The first kappa shape index (κ1) is 14.3. The normalized spacial score (nSPS) is 16.5. The van der Waals surface area contributed by atoms with Crippen molar-refractivity contribution in [2.45, 2.75) is 40.0 Å². The molecule has 0 saturated heterocycles. The highest BCUT2D eigenvalue weighted by Crippen LogP contribution is 2.38. The van der Waals surface area contributed by atoms with Crippen molar-refractivity contribution in [3.63, 3.8) is 0 Å². The first-order valence-electron chi connectivity index (χ1n) is 8.29. The lowest BCUT2D eigenvalue weighted by Gasteiger charge is -2.31. The van der Waals surface area contributed by atoms with Gasteiger partial charge in [-0.3, -0.25) is 0 Å². The molecular formula is C20H23N3. The molecule has 0 radical (unpaired) electrons. The summed E-state index contributed by atoms with van der Waals surface area (Å²) in [6, 6.07) is 8.49. The number of nitrogens with zero attached hydrogens (tertiary/aromatic N) is 2. The van der Waals surface area contributed by atoms with Crippen LogP contribution < -0.4 is 5.73 Å². The Balaban J connectivity index is 1.89. The van der Waals surface area contributed by atoms with Crippen molar-refractivity contribution in [1.29, 1.82) is 0 Å². The van der Waals surface area contributed by atoms with E-state index in [2.05, 4.69) is 54.7 Å². The fraction of sp³-hybridized carbons (Fsp3) is 0.350. The summed E-state index contributed by atoms with van der Waals surface area (Å²) in [5.41, 5.74) is 12.0. The van der Waals surface area contributed by atoms with Crippen molar-refractivity contribution in [3.05, 3.63) is 53.5 Å². The third-order valence-electron chi connectivity index (χ3n) is 5.19. The molecule has 4 rings (SSSR count). The van der Waals surface area contributed by atoms with Crippen molar-refractivity contribution in [3.8, 4) is 5.69 Å². The van der Waals surface area contributed by atoms with Gasteiger partial charge in [-0.05, 0) is 72.4 Å². The summed E-state index contributed by atoms with van der Waals surface area (Å²) in [5, 5.41) is 2.17. The van der Waals surface area contributed by atoms with Crippen LogP contribution in [0.25, 0.3) is 16.5 Å². The number of rotatable bonds is 1. The van der Waals surface area contributed by atoms with Crippen molar-refractivity contribution >= 4 is 16.6 Å². The van der Waals surface area contributed by atoms with Crippen LogP contribution in [-0.4, -0.2) is 9.55 Å². The molecule has 3 heteroatoms. The van der Waals surface area contributed by atoms with E-state index in [4.69, 9.17) is 5.73 Å². The second kappa shape index (κ2) is 4.85. The fourth-order valence-corrected chi connectivity index (χ4v) is 3.83. The van der Waals surface area contributed by atoms with Crippen LogP contribution in [0.15, 0.2) is 36.7 Å². The molecule has 3 aromatic rings. The molecule has 0 bridgehead atoms. The minimum atomic E-state index is 0.376. The van der Waals surface area contributed by atoms with Gasteiger partial charge in [0.1, 0.15) is 5.82 Å². The maximum Gasteiger partial charge on any atom is 0.131 e. The summed E-state index contributed by atoms with van der Waals surface area (Å²) in [6.07, 6.45) is 7.65. The molecular weight excluding hydrogens is 282 g/mol. The Bertz CT molecular complexity index is 903. The lowest BCUT2D eigenvalue weighted by Crippen LogP contribution is -2.23. The Morgan fingerprint density at radius 1 is 1.22 bits per heavy atom. The minimum Gasteiger partial charge on any atom is -0.383 e. The molecule has 1 aliphatic rings. The molecule has 0 spiro atoms. The zero-order chi connectivity index (χ0) is 16.2. The van der Waals surface area contributed by atoms with E-state index in [1.54, 1.807) is 11.8 Å². The molecule has 2 aromatic heterocycles. The van der Waals surface area contributed by atoms with Crippen molar-refractivity contribution in [1.82, 2.24) is 9.55 Å². The van der Waals surface area contributed by atoms with Gasteiger partial charge in [0, 0.05) is 29.2 Å². The number of nitrogens with two attached hydrogens (primary N) is 1. The number of aryl methyl sites for hydroxylation is 1. The number of fused-ring (bicyclic) bond motifs is 2. The lowest BCUT2D eigenvalue weighted by atomic mass is 9.76. The van der Waals surface area contributed by atoms with Crippen LogP contribution in [0, 0.1) is 12.3 Å². The average Bonchev–Trinajstić information content (AvgIpc) is 2.82. The van der Waals surface area contributed by atoms with Gasteiger partial charge >= 0.3 is 0 Å². The molecule has 0 amide bonds. The first-order chi connectivity index (χ1) is 10.9. The van der Waals surface area contributed by atoms with Crippen molar-refractivity contribution in [2.24, 2.45) is 5.41 Å². The van der Waals surface area contributed by atoms with E-state index < -0.39 is 0 Å². The SMILES string of the molecule is Cc1cn(-c2ccc3c(N)nccc3c2)c2c1CCC(C)(C)C2. The van der Waals surface area contributed by atoms with Gasteiger partial charge in [-0.1, -0.05) is 13.8 Å². The van der Waals surface area contributed by atoms with Gasteiger partial charge in [0.2, 0.25) is 0 Å². The van der Waals surface area contributed by atoms with E-state index in [1.165, 1.54) is 29.8 Å².